The maximum Gasteiger partial charge on any atom is 0.294 e. The third-order valence-corrected chi connectivity index (χ3v) is 5.94. The van der Waals surface area contributed by atoms with Crippen LogP contribution in [0.4, 0.5) is 5.69 Å². The molecule has 1 atom stereocenters. The summed E-state index contributed by atoms with van der Waals surface area (Å²) >= 11 is 1.26. The number of carbonyl (C=O) groups is 2. The molecule has 1 aliphatic rings. The van der Waals surface area contributed by atoms with E-state index in [2.05, 4.69) is 0 Å². The van der Waals surface area contributed by atoms with Crippen molar-refractivity contribution in [1.29, 1.82) is 0 Å². The van der Waals surface area contributed by atoms with Crippen LogP contribution in [0, 0.1) is 0 Å². The van der Waals surface area contributed by atoms with Crippen LogP contribution >= 0.6 is 11.3 Å². The minimum atomic E-state index is -0.820. The summed E-state index contributed by atoms with van der Waals surface area (Å²) in [7, 11) is 1.54. The maximum atomic E-state index is 13.4. The average molecular weight is 450 g/mol. The fourth-order valence-corrected chi connectivity index (χ4v) is 4.43. The number of aliphatic hydroxyl groups excluding tert-OH is 1. The van der Waals surface area contributed by atoms with Gasteiger partial charge in [0, 0.05) is 11.8 Å². The monoisotopic (exact) mass is 449 g/mol. The molecule has 1 aromatic heterocycles. The van der Waals surface area contributed by atoms with Crippen LogP contribution in [0.5, 0.6) is 11.5 Å². The number of hydrogen-bond acceptors (Lipinski definition) is 6. The first kappa shape index (κ1) is 21.6. The molecule has 0 fully saturated rings. The Balaban J connectivity index is 1.87. The van der Waals surface area contributed by atoms with E-state index in [1.54, 1.807) is 47.8 Å². The van der Waals surface area contributed by atoms with Crippen LogP contribution < -0.4 is 14.4 Å². The Labute approximate surface area is 190 Å². The summed E-state index contributed by atoms with van der Waals surface area (Å²) < 4.78 is 11.1. The lowest BCUT2D eigenvalue weighted by molar-refractivity contribution is -0.117. The molecule has 1 aliphatic heterocycles. The fourth-order valence-electron chi connectivity index (χ4n) is 3.75. The number of ketones is 1. The van der Waals surface area contributed by atoms with Crippen molar-refractivity contribution < 1.29 is 24.2 Å². The van der Waals surface area contributed by atoms with Gasteiger partial charge in [-0.3, -0.25) is 14.5 Å². The normalized spacial score (nSPS) is 16.1. The van der Waals surface area contributed by atoms with Gasteiger partial charge in [0.2, 0.25) is 5.78 Å². The number of rotatable bonds is 7. The highest BCUT2D eigenvalue weighted by molar-refractivity contribution is 7.12. The second kappa shape index (κ2) is 8.88. The number of aliphatic hydroxyl groups is 1. The Morgan fingerprint density at radius 1 is 1.06 bits per heavy atom. The summed E-state index contributed by atoms with van der Waals surface area (Å²) in [6.07, 6.45) is -0.0406. The predicted octanol–water partition coefficient (Wildman–Crippen LogP) is 5.33. The summed E-state index contributed by atoms with van der Waals surface area (Å²) in [5.41, 5.74) is 1.21. The van der Waals surface area contributed by atoms with E-state index in [1.807, 2.05) is 32.0 Å². The lowest BCUT2D eigenvalue weighted by atomic mass is 9.95. The Morgan fingerprint density at radius 3 is 2.50 bits per heavy atom. The van der Waals surface area contributed by atoms with Crippen molar-refractivity contribution in [3.63, 3.8) is 0 Å². The van der Waals surface area contributed by atoms with E-state index in [9.17, 15) is 14.7 Å². The lowest BCUT2D eigenvalue weighted by Crippen LogP contribution is -2.31. The molecule has 0 saturated heterocycles. The topological polar surface area (TPSA) is 76.1 Å². The van der Waals surface area contributed by atoms with Crippen LogP contribution in [0.3, 0.4) is 0 Å². The zero-order valence-corrected chi connectivity index (χ0v) is 18.8. The largest absolute Gasteiger partial charge is 0.503 e. The van der Waals surface area contributed by atoms with Crippen LogP contribution in [-0.4, -0.2) is 30.0 Å². The first-order chi connectivity index (χ1) is 15.4. The number of nitrogens with zero attached hydrogens (tertiary/aromatic N) is 1. The number of methoxy groups -OCH3 is 1. The molecule has 7 heteroatoms. The van der Waals surface area contributed by atoms with Crippen LogP contribution in [0.25, 0.3) is 0 Å². The van der Waals surface area contributed by atoms with Crippen LogP contribution in [0.1, 0.15) is 35.1 Å². The number of ether oxygens (including phenoxy) is 2. The summed E-state index contributed by atoms with van der Waals surface area (Å²) in [4.78, 5) is 28.5. The molecule has 2 heterocycles. The molecule has 0 aliphatic carbocycles. The number of Topliss-reactive ketones (excluding diaryl/α,β-unsaturated/α-hetero) is 1. The lowest BCUT2D eigenvalue weighted by Gasteiger charge is -2.27. The Morgan fingerprint density at radius 2 is 1.81 bits per heavy atom. The molecule has 6 nitrogen and oxygen atoms in total. The number of amides is 1. The molecule has 0 spiro atoms. The zero-order valence-electron chi connectivity index (χ0n) is 17.9. The van der Waals surface area contributed by atoms with Gasteiger partial charge in [-0.25, -0.2) is 0 Å². The summed E-state index contributed by atoms with van der Waals surface area (Å²) in [5, 5.41) is 12.6. The average Bonchev–Trinajstić information content (AvgIpc) is 3.41. The second-order valence-corrected chi connectivity index (χ2v) is 8.53. The van der Waals surface area contributed by atoms with E-state index in [1.165, 1.54) is 23.3 Å². The standard InChI is InChI=1S/C25H23NO5S/c1-15(2)31-19-10-4-7-16(13-19)22-21(23(27)20-11-6-12-32-20)24(28)25(29)26(22)17-8-5-9-18(14-17)30-3/h4-15,22,28H,1-3H3. The SMILES string of the molecule is COc1cccc(N2C(=O)C(O)=C(C(=O)c3cccs3)C2c2cccc(OC(C)C)c2)c1. The van der Waals surface area contributed by atoms with Crippen LogP contribution in [-0.2, 0) is 4.79 Å². The Kier molecular flexibility index (Phi) is 6.01. The van der Waals surface area contributed by atoms with Crippen molar-refractivity contribution in [3.05, 3.63) is 87.8 Å². The number of hydrogen-bond donors (Lipinski definition) is 1. The molecule has 2 aromatic carbocycles. The van der Waals surface area contributed by atoms with Gasteiger partial charge in [-0.05, 0) is 55.1 Å². The number of thiophene rings is 1. The van der Waals surface area contributed by atoms with E-state index in [0.29, 0.717) is 27.6 Å². The van der Waals surface area contributed by atoms with Gasteiger partial charge in [-0.1, -0.05) is 24.3 Å². The Bertz CT molecular complexity index is 1180. The van der Waals surface area contributed by atoms with Crippen LogP contribution in [0.15, 0.2) is 77.4 Å². The third-order valence-electron chi connectivity index (χ3n) is 5.07. The molecule has 4 rings (SSSR count). The van der Waals surface area contributed by atoms with Gasteiger partial charge in [-0.15, -0.1) is 11.3 Å². The molecular weight excluding hydrogens is 426 g/mol. The van der Waals surface area contributed by atoms with Gasteiger partial charge < -0.3 is 14.6 Å². The first-order valence-corrected chi connectivity index (χ1v) is 11.0. The number of anilines is 1. The molecule has 32 heavy (non-hydrogen) atoms. The highest BCUT2D eigenvalue weighted by Crippen LogP contribution is 2.43. The van der Waals surface area contributed by atoms with Crippen molar-refractivity contribution in [2.24, 2.45) is 0 Å². The van der Waals surface area contributed by atoms with Gasteiger partial charge in [0.1, 0.15) is 11.5 Å². The van der Waals surface area contributed by atoms with E-state index >= 15 is 0 Å². The van der Waals surface area contributed by atoms with Gasteiger partial charge >= 0.3 is 0 Å². The number of benzene rings is 2. The number of carbonyl (C=O) groups excluding carboxylic acids is 2. The zero-order chi connectivity index (χ0) is 22.8. The summed E-state index contributed by atoms with van der Waals surface area (Å²) in [6.45, 7) is 3.84. The van der Waals surface area contributed by atoms with E-state index in [4.69, 9.17) is 9.47 Å². The summed E-state index contributed by atoms with van der Waals surface area (Å²) in [6, 6.07) is 16.8. The van der Waals surface area contributed by atoms with Crippen molar-refractivity contribution in [1.82, 2.24) is 0 Å². The predicted molar refractivity (Wildman–Crippen MR) is 124 cm³/mol. The first-order valence-electron chi connectivity index (χ1n) is 10.2. The van der Waals surface area contributed by atoms with E-state index < -0.39 is 17.7 Å². The molecule has 0 radical (unpaired) electrons. The molecule has 164 valence electrons. The molecule has 1 unspecified atom stereocenters. The van der Waals surface area contributed by atoms with Crippen LogP contribution in [0.2, 0.25) is 0 Å². The quantitative estimate of drug-likeness (QED) is 0.494. The van der Waals surface area contributed by atoms with Gasteiger partial charge in [-0.2, -0.15) is 0 Å². The molecule has 0 saturated carbocycles. The third kappa shape index (κ3) is 3.99. The van der Waals surface area contributed by atoms with Crippen molar-refractivity contribution in [2.45, 2.75) is 26.0 Å². The minimum absolute atomic E-state index is 0.0406. The second-order valence-electron chi connectivity index (χ2n) is 7.59. The highest BCUT2D eigenvalue weighted by atomic mass is 32.1. The van der Waals surface area contributed by atoms with Gasteiger partial charge in [0.25, 0.3) is 5.91 Å². The fraction of sp³-hybridized carbons (Fsp3) is 0.200. The Hall–Kier alpha value is -3.58. The maximum absolute atomic E-state index is 13.4. The smallest absolute Gasteiger partial charge is 0.294 e. The van der Waals surface area contributed by atoms with Crippen molar-refractivity contribution in [3.8, 4) is 11.5 Å². The van der Waals surface area contributed by atoms with Gasteiger partial charge in [0.05, 0.1) is 29.7 Å². The minimum Gasteiger partial charge on any atom is -0.503 e. The molecular formula is C25H23NO5S. The summed E-state index contributed by atoms with van der Waals surface area (Å²) in [5.74, 6) is -0.394. The van der Waals surface area contributed by atoms with E-state index in [-0.39, 0.29) is 17.5 Å². The van der Waals surface area contributed by atoms with Crippen molar-refractivity contribution in [2.75, 3.05) is 12.0 Å². The molecule has 3 aromatic rings. The highest BCUT2D eigenvalue weighted by Gasteiger charge is 2.45. The molecule has 1 amide bonds. The van der Waals surface area contributed by atoms with Gasteiger partial charge in [0.15, 0.2) is 5.76 Å². The molecule has 0 bridgehead atoms. The molecule has 1 N–H and O–H groups in total. The van der Waals surface area contributed by atoms with E-state index in [0.717, 1.165) is 0 Å². The van der Waals surface area contributed by atoms with Crippen molar-refractivity contribution >= 4 is 28.7 Å².